The maximum atomic E-state index is 12.7. The first-order valence-corrected chi connectivity index (χ1v) is 24.8. The molecule has 4 aromatic heterocycles. The number of nitrogens with two attached hydrogens (primary N) is 2. The summed E-state index contributed by atoms with van der Waals surface area (Å²) in [5.74, 6) is 1.71. The molecule has 0 radical (unpaired) electrons. The lowest BCUT2D eigenvalue weighted by Crippen LogP contribution is -2.27. The number of aromatic amines is 2. The van der Waals surface area contributed by atoms with Crippen LogP contribution in [0.15, 0.2) is 22.2 Å². The van der Waals surface area contributed by atoms with E-state index >= 15 is 0 Å². The largest absolute Gasteiger partial charge is 0.472 e. The van der Waals surface area contributed by atoms with Gasteiger partial charge in [0.15, 0.2) is 22.3 Å². The first kappa shape index (κ1) is 46.6. The molecule has 4 aromatic rings. The first-order chi connectivity index (χ1) is 28.7. The van der Waals surface area contributed by atoms with Gasteiger partial charge in [-0.15, -0.1) is 0 Å². The third-order valence-electron chi connectivity index (χ3n) is 9.59. The minimum atomic E-state index is -4.45. The van der Waals surface area contributed by atoms with E-state index in [-0.39, 0.29) is 66.9 Å². The Bertz CT molecular complexity index is 2250. The molecule has 0 spiro atoms. The SMILES string of the molecule is Nc1nc2c(ncn2[C@H]2C[C@H](OP(=O)(O)OCCCCCCSSCCCCCCOP(=O)(O)OC[C@H]3O[C@@H](n4cnc5c(=O)[nH]c(N)nc54)C[C@@H]3O)[C@@H](CO)O2)c(=O)[nH]1. The molecule has 0 aliphatic carbocycles. The molecule has 28 heteroatoms. The molecule has 2 fully saturated rings. The van der Waals surface area contributed by atoms with Crippen LogP contribution in [0.3, 0.4) is 0 Å². The molecule has 2 aliphatic rings. The lowest BCUT2D eigenvalue weighted by molar-refractivity contribution is -0.0439. The van der Waals surface area contributed by atoms with E-state index in [1.165, 1.54) is 21.8 Å². The van der Waals surface area contributed by atoms with Crippen molar-refractivity contribution in [1.29, 1.82) is 0 Å². The summed E-state index contributed by atoms with van der Waals surface area (Å²) in [6.07, 6.45) is 4.05. The Hall–Kier alpha value is -2.94. The van der Waals surface area contributed by atoms with Crippen molar-refractivity contribution in [2.24, 2.45) is 0 Å². The van der Waals surface area contributed by atoms with E-state index in [0.717, 1.165) is 50.0 Å². The number of anilines is 2. The van der Waals surface area contributed by atoms with E-state index in [2.05, 4.69) is 29.9 Å². The summed E-state index contributed by atoms with van der Waals surface area (Å²) >= 11 is 0. The van der Waals surface area contributed by atoms with Crippen LogP contribution in [-0.4, -0.2) is 121 Å². The summed E-state index contributed by atoms with van der Waals surface area (Å²) in [6.45, 7) is -0.809. The molecular formula is C32H50N10O14P2S2. The van der Waals surface area contributed by atoms with Crippen LogP contribution < -0.4 is 22.6 Å². The van der Waals surface area contributed by atoms with Crippen molar-refractivity contribution >= 4 is 71.5 Å². The van der Waals surface area contributed by atoms with Crippen molar-refractivity contribution in [3.8, 4) is 0 Å². The predicted octanol–water partition coefficient (Wildman–Crippen LogP) is 2.48. The normalized spacial score (nSPS) is 24.1. The second-order valence-electron chi connectivity index (χ2n) is 14.0. The van der Waals surface area contributed by atoms with Crippen molar-refractivity contribution in [2.45, 2.75) is 101 Å². The van der Waals surface area contributed by atoms with E-state index in [1.54, 1.807) is 21.6 Å². The van der Waals surface area contributed by atoms with E-state index in [9.17, 15) is 38.7 Å². The molecule has 2 saturated heterocycles. The summed E-state index contributed by atoms with van der Waals surface area (Å²) < 4.78 is 60.3. The molecule has 8 atom stereocenters. The summed E-state index contributed by atoms with van der Waals surface area (Å²) in [6, 6.07) is 0. The number of nitrogens with one attached hydrogen (secondary N) is 2. The van der Waals surface area contributed by atoms with Crippen LogP contribution in [0, 0.1) is 0 Å². The van der Waals surface area contributed by atoms with Crippen LogP contribution in [-0.2, 0) is 36.7 Å². The van der Waals surface area contributed by atoms with Crippen LogP contribution in [0.4, 0.5) is 11.9 Å². The summed E-state index contributed by atoms with van der Waals surface area (Å²) in [5.41, 5.74) is 10.7. The fourth-order valence-corrected chi connectivity index (χ4v) is 10.7. The minimum absolute atomic E-state index is 0.0225. The van der Waals surface area contributed by atoms with Gasteiger partial charge in [-0.1, -0.05) is 47.3 Å². The number of ether oxygens (including phenoxy) is 2. The number of hydrogen-bond acceptors (Lipinski definition) is 20. The van der Waals surface area contributed by atoms with Gasteiger partial charge in [0.1, 0.15) is 30.8 Å². The van der Waals surface area contributed by atoms with Gasteiger partial charge in [0.05, 0.1) is 45.2 Å². The molecule has 0 aromatic carbocycles. The number of fused-ring (bicyclic) bond motifs is 2. The van der Waals surface area contributed by atoms with Crippen LogP contribution in [0.5, 0.6) is 0 Å². The summed E-state index contributed by atoms with van der Waals surface area (Å²) in [7, 11) is -5.27. The zero-order chi connectivity index (χ0) is 42.9. The molecule has 60 heavy (non-hydrogen) atoms. The smallest absolute Gasteiger partial charge is 0.394 e. The Morgan fingerprint density at radius 1 is 0.750 bits per heavy atom. The lowest BCUT2D eigenvalue weighted by atomic mass is 10.2. The number of aromatic nitrogens is 8. The molecule has 334 valence electrons. The minimum Gasteiger partial charge on any atom is -0.394 e. The number of imidazole rings is 2. The van der Waals surface area contributed by atoms with Crippen molar-refractivity contribution in [3.05, 3.63) is 33.4 Å². The summed E-state index contributed by atoms with van der Waals surface area (Å²) in [4.78, 5) is 65.6. The van der Waals surface area contributed by atoms with Gasteiger partial charge in [0.2, 0.25) is 11.9 Å². The number of rotatable bonds is 25. The third-order valence-corrected chi connectivity index (χ3v) is 14.2. The zero-order valence-electron chi connectivity index (χ0n) is 32.4. The van der Waals surface area contributed by atoms with Crippen LogP contribution in [0.1, 0.15) is 76.7 Å². The van der Waals surface area contributed by atoms with Crippen molar-refractivity contribution in [1.82, 2.24) is 39.0 Å². The fraction of sp³-hybridized carbons (Fsp3) is 0.688. The average molecular weight is 925 g/mol. The van der Waals surface area contributed by atoms with E-state index in [4.69, 9.17) is 39.0 Å². The topological polar surface area (TPSA) is 350 Å². The van der Waals surface area contributed by atoms with E-state index in [1.807, 2.05) is 0 Å². The molecule has 6 heterocycles. The van der Waals surface area contributed by atoms with Gasteiger partial charge < -0.3 is 40.9 Å². The maximum absolute atomic E-state index is 12.7. The molecule has 0 amide bonds. The number of nitrogen functional groups attached to an aromatic ring is 2. The van der Waals surface area contributed by atoms with Gasteiger partial charge in [-0.3, -0.25) is 46.8 Å². The Morgan fingerprint density at radius 3 is 1.80 bits per heavy atom. The molecule has 0 saturated carbocycles. The standard InChI is InChI=1S/C32H50N10O14P2S2/c33-31-37-27-25(29(45)39-31)35-17-41(27)23-13-19(44)22(55-23)16-53-57(47,48)51-9-5-1-3-7-11-59-60-12-8-4-2-6-10-52-58(49,50)56-20-14-24(54-21(20)15-43)42-18-36-26-28(42)38-32(34)40-30(26)46/h17-24,43-44H,1-16H2,(H,47,48)(H,49,50)(H3,33,37,39,45)(H3,34,38,40,46)/t19-,20-,21+,22+,23+,24+/m0/s1. The number of hydrogen-bond donors (Lipinski definition) is 8. The number of H-pyrrole nitrogens is 2. The molecule has 2 aliphatic heterocycles. The highest BCUT2D eigenvalue weighted by Gasteiger charge is 2.42. The molecular weight excluding hydrogens is 874 g/mol. The van der Waals surface area contributed by atoms with E-state index < -0.39 is 70.2 Å². The average Bonchev–Trinajstić information content (AvgIpc) is 3.98. The number of unbranched alkanes of at least 4 members (excludes halogenated alkanes) is 6. The maximum Gasteiger partial charge on any atom is 0.472 e. The van der Waals surface area contributed by atoms with Gasteiger partial charge in [-0.05, 0) is 25.7 Å². The van der Waals surface area contributed by atoms with Gasteiger partial charge in [0.25, 0.3) is 11.1 Å². The fourth-order valence-electron chi connectivity index (χ4n) is 6.61. The Morgan fingerprint density at radius 2 is 1.25 bits per heavy atom. The Kier molecular flexibility index (Phi) is 16.6. The quantitative estimate of drug-likeness (QED) is 0.0269. The number of aliphatic hydroxyl groups excluding tert-OH is 2. The number of nitrogens with zero attached hydrogens (tertiary/aromatic N) is 6. The first-order valence-electron chi connectivity index (χ1n) is 19.3. The van der Waals surface area contributed by atoms with Gasteiger partial charge >= 0.3 is 15.6 Å². The Labute approximate surface area is 350 Å². The van der Waals surface area contributed by atoms with Crippen molar-refractivity contribution < 1.29 is 56.7 Å². The molecule has 2 unspecified atom stereocenters. The van der Waals surface area contributed by atoms with Gasteiger partial charge in [-0.25, -0.2) is 19.1 Å². The molecule has 10 N–H and O–H groups in total. The predicted molar refractivity (Wildman–Crippen MR) is 220 cm³/mol. The number of phosphoric acid groups is 2. The Balaban J connectivity index is 0.745. The monoisotopic (exact) mass is 924 g/mol. The van der Waals surface area contributed by atoms with Crippen molar-refractivity contribution in [2.75, 3.05) is 49.4 Å². The molecule has 24 nitrogen and oxygen atoms in total. The third kappa shape index (κ3) is 12.6. The van der Waals surface area contributed by atoms with Gasteiger partial charge in [-0.2, -0.15) is 9.97 Å². The van der Waals surface area contributed by atoms with Gasteiger partial charge in [0, 0.05) is 24.3 Å². The van der Waals surface area contributed by atoms with Crippen LogP contribution in [0.25, 0.3) is 22.3 Å². The number of aliphatic hydroxyl groups is 2. The van der Waals surface area contributed by atoms with Crippen LogP contribution in [0.2, 0.25) is 0 Å². The summed E-state index contributed by atoms with van der Waals surface area (Å²) in [5, 5.41) is 20.3. The number of phosphoric ester groups is 2. The van der Waals surface area contributed by atoms with Crippen LogP contribution >= 0.6 is 37.2 Å². The highest BCUT2D eigenvalue weighted by Crippen LogP contribution is 2.49. The van der Waals surface area contributed by atoms with E-state index in [0.29, 0.717) is 12.8 Å². The highest BCUT2D eigenvalue weighted by molar-refractivity contribution is 8.76. The van der Waals surface area contributed by atoms with Crippen molar-refractivity contribution in [3.63, 3.8) is 0 Å². The zero-order valence-corrected chi connectivity index (χ0v) is 35.8. The second-order valence-corrected chi connectivity index (χ2v) is 19.6. The molecule has 0 bridgehead atoms. The molecule has 6 rings (SSSR count). The lowest BCUT2D eigenvalue weighted by Gasteiger charge is -2.19. The highest BCUT2D eigenvalue weighted by atomic mass is 33.1. The second kappa shape index (κ2) is 21.4.